The molecule has 0 amide bonds. The Balaban J connectivity index is 2.20. The van der Waals surface area contributed by atoms with Crippen molar-refractivity contribution in [2.75, 3.05) is 0 Å². The fourth-order valence-electron chi connectivity index (χ4n) is 2.77. The molecule has 22 heavy (non-hydrogen) atoms. The van der Waals surface area contributed by atoms with E-state index in [0.29, 0.717) is 0 Å². The first-order chi connectivity index (χ1) is 10.6. The molecular weight excluding hydrogens is 342 g/mol. The maximum Gasteiger partial charge on any atom is 0.331 e. The van der Waals surface area contributed by atoms with Crippen LogP contribution in [0.25, 0.3) is 27.6 Å². The summed E-state index contributed by atoms with van der Waals surface area (Å²) in [6.07, 6.45) is 1.71. The summed E-state index contributed by atoms with van der Waals surface area (Å²) in [5, 5.41) is 0.937. The van der Waals surface area contributed by atoms with Crippen molar-refractivity contribution in [3.63, 3.8) is 0 Å². The summed E-state index contributed by atoms with van der Waals surface area (Å²) in [5.41, 5.74) is 4.24. The van der Waals surface area contributed by atoms with Gasteiger partial charge in [-0.2, -0.15) is 0 Å². The van der Waals surface area contributed by atoms with E-state index >= 15 is 0 Å². The molecule has 0 aliphatic rings. The van der Waals surface area contributed by atoms with E-state index in [1.165, 1.54) is 0 Å². The number of hydrogen-bond donors (Lipinski definition) is 1. The third-order valence-electron chi connectivity index (χ3n) is 3.73. The lowest BCUT2D eigenvalue weighted by Gasteiger charge is -2.07. The first-order valence-corrected chi connectivity index (χ1v) is 7.69. The average molecular weight is 354 g/mol. The smallest absolute Gasteiger partial charge is 0.304 e. The molecule has 0 saturated carbocycles. The van der Waals surface area contributed by atoms with E-state index in [-0.39, 0.29) is 5.69 Å². The van der Waals surface area contributed by atoms with Crippen molar-refractivity contribution >= 4 is 37.9 Å². The minimum absolute atomic E-state index is 0.158. The van der Waals surface area contributed by atoms with Crippen LogP contribution in [0, 0.1) is 6.92 Å². The van der Waals surface area contributed by atoms with Crippen molar-refractivity contribution in [1.29, 1.82) is 0 Å². The van der Waals surface area contributed by atoms with Crippen molar-refractivity contribution < 1.29 is 0 Å². The van der Waals surface area contributed by atoms with Crippen molar-refractivity contribution in [1.82, 2.24) is 14.5 Å². The molecule has 4 nitrogen and oxygen atoms in total. The molecule has 0 aliphatic carbocycles. The third kappa shape index (κ3) is 1.97. The topological polar surface area (TPSA) is 50.7 Å². The summed E-state index contributed by atoms with van der Waals surface area (Å²) in [6, 6.07) is 13.8. The second-order valence-electron chi connectivity index (χ2n) is 5.29. The Labute approximate surface area is 134 Å². The van der Waals surface area contributed by atoms with Gasteiger partial charge in [0.25, 0.3) is 0 Å². The summed E-state index contributed by atoms with van der Waals surface area (Å²) in [7, 11) is 0. The van der Waals surface area contributed by atoms with Crippen LogP contribution in [0.4, 0.5) is 0 Å². The number of aromatic amines is 1. The van der Waals surface area contributed by atoms with E-state index in [1.807, 2.05) is 49.4 Å². The molecule has 5 heteroatoms. The lowest BCUT2D eigenvalue weighted by Crippen LogP contribution is -2.14. The minimum atomic E-state index is -0.158. The SMILES string of the molecule is Cc1cccc(-n2c(=O)[nH]c3cnc4ccc(Br)cc4c32)c1. The van der Waals surface area contributed by atoms with Crippen LogP contribution in [-0.2, 0) is 0 Å². The van der Waals surface area contributed by atoms with E-state index in [9.17, 15) is 4.79 Å². The molecule has 0 fully saturated rings. The normalized spacial score (nSPS) is 11.4. The molecule has 0 radical (unpaired) electrons. The fraction of sp³-hybridized carbons (Fsp3) is 0.0588. The van der Waals surface area contributed by atoms with Crippen LogP contribution >= 0.6 is 15.9 Å². The summed E-state index contributed by atoms with van der Waals surface area (Å²) >= 11 is 3.49. The van der Waals surface area contributed by atoms with Crippen molar-refractivity contribution in [3.05, 3.63) is 69.2 Å². The van der Waals surface area contributed by atoms with Crippen molar-refractivity contribution in [2.45, 2.75) is 6.92 Å². The van der Waals surface area contributed by atoms with E-state index in [4.69, 9.17) is 0 Å². The highest BCUT2D eigenvalue weighted by molar-refractivity contribution is 9.10. The predicted molar refractivity (Wildman–Crippen MR) is 91.6 cm³/mol. The van der Waals surface area contributed by atoms with Gasteiger partial charge in [0.1, 0.15) is 0 Å². The largest absolute Gasteiger partial charge is 0.331 e. The van der Waals surface area contributed by atoms with E-state index < -0.39 is 0 Å². The van der Waals surface area contributed by atoms with Crippen molar-refractivity contribution in [2.24, 2.45) is 0 Å². The lowest BCUT2D eigenvalue weighted by atomic mass is 10.2. The molecule has 0 unspecified atom stereocenters. The molecule has 1 N–H and O–H groups in total. The number of pyridine rings is 1. The first-order valence-electron chi connectivity index (χ1n) is 6.89. The first kappa shape index (κ1) is 13.3. The molecule has 4 aromatic rings. The van der Waals surface area contributed by atoms with Gasteiger partial charge in [-0.3, -0.25) is 9.55 Å². The predicted octanol–water partition coefficient (Wildman–Crippen LogP) is 3.94. The number of fused-ring (bicyclic) bond motifs is 3. The molecule has 0 spiro atoms. The Kier molecular flexibility index (Phi) is 2.90. The number of halogens is 1. The standard InChI is InChI=1S/C17H12BrN3O/c1-10-3-2-4-12(7-10)21-16-13-8-11(18)5-6-14(13)19-9-15(16)20-17(21)22/h2-9H,1H3,(H,20,22). The van der Waals surface area contributed by atoms with Crippen LogP contribution in [0.3, 0.4) is 0 Å². The van der Waals surface area contributed by atoms with Crippen LogP contribution < -0.4 is 5.69 Å². The number of aryl methyl sites for hydroxylation is 1. The van der Waals surface area contributed by atoms with Crippen LogP contribution in [0.5, 0.6) is 0 Å². The molecule has 2 heterocycles. The van der Waals surface area contributed by atoms with Gasteiger partial charge in [-0.15, -0.1) is 0 Å². The zero-order chi connectivity index (χ0) is 15.3. The number of rotatable bonds is 1. The molecule has 0 aliphatic heterocycles. The number of hydrogen-bond acceptors (Lipinski definition) is 2. The molecule has 108 valence electrons. The number of benzene rings is 2. The zero-order valence-corrected chi connectivity index (χ0v) is 13.4. The second kappa shape index (κ2) is 4.81. The Morgan fingerprint density at radius 2 is 2.05 bits per heavy atom. The number of nitrogens with zero attached hydrogens (tertiary/aromatic N) is 2. The molecule has 2 aromatic heterocycles. The van der Waals surface area contributed by atoms with Crippen LogP contribution in [0.15, 0.2) is 57.9 Å². The molecular formula is C17H12BrN3O. The number of aromatic nitrogens is 3. The van der Waals surface area contributed by atoms with Crippen LogP contribution in [0.2, 0.25) is 0 Å². The maximum absolute atomic E-state index is 12.4. The van der Waals surface area contributed by atoms with E-state index in [0.717, 1.165) is 37.7 Å². The summed E-state index contributed by atoms with van der Waals surface area (Å²) in [4.78, 5) is 19.7. The van der Waals surface area contributed by atoms with Gasteiger partial charge in [-0.1, -0.05) is 28.1 Å². The lowest BCUT2D eigenvalue weighted by molar-refractivity contribution is 1.02. The van der Waals surface area contributed by atoms with Gasteiger partial charge in [0.2, 0.25) is 0 Å². The van der Waals surface area contributed by atoms with Gasteiger partial charge in [0, 0.05) is 9.86 Å². The highest BCUT2D eigenvalue weighted by atomic mass is 79.9. The number of nitrogens with one attached hydrogen (secondary N) is 1. The zero-order valence-electron chi connectivity index (χ0n) is 11.8. The Bertz CT molecular complexity index is 1080. The maximum atomic E-state index is 12.4. The molecule has 2 aromatic carbocycles. The van der Waals surface area contributed by atoms with Gasteiger partial charge in [-0.05, 0) is 42.8 Å². The molecule has 0 saturated heterocycles. The monoisotopic (exact) mass is 353 g/mol. The quantitative estimate of drug-likeness (QED) is 0.563. The highest BCUT2D eigenvalue weighted by Gasteiger charge is 2.13. The van der Waals surface area contributed by atoms with Gasteiger partial charge in [0.05, 0.1) is 28.4 Å². The molecule has 0 atom stereocenters. The molecule has 4 rings (SSSR count). The summed E-state index contributed by atoms with van der Waals surface area (Å²) in [5.74, 6) is 0. The average Bonchev–Trinajstić information content (AvgIpc) is 2.83. The fourth-order valence-corrected chi connectivity index (χ4v) is 3.13. The number of imidazole rings is 1. The highest BCUT2D eigenvalue weighted by Crippen LogP contribution is 2.26. The van der Waals surface area contributed by atoms with Gasteiger partial charge in [-0.25, -0.2) is 4.79 Å². The van der Waals surface area contributed by atoms with Gasteiger partial charge in [0.15, 0.2) is 0 Å². The van der Waals surface area contributed by atoms with Crippen LogP contribution in [0.1, 0.15) is 5.56 Å². The van der Waals surface area contributed by atoms with Gasteiger partial charge < -0.3 is 4.98 Å². The van der Waals surface area contributed by atoms with E-state index in [1.54, 1.807) is 10.8 Å². The Morgan fingerprint density at radius 3 is 2.86 bits per heavy atom. The summed E-state index contributed by atoms with van der Waals surface area (Å²) < 4.78 is 2.66. The van der Waals surface area contributed by atoms with E-state index in [2.05, 4.69) is 25.9 Å². The second-order valence-corrected chi connectivity index (χ2v) is 6.20. The minimum Gasteiger partial charge on any atom is -0.304 e. The number of H-pyrrole nitrogens is 1. The summed E-state index contributed by atoms with van der Waals surface area (Å²) in [6.45, 7) is 2.01. The Hall–Kier alpha value is -2.40. The van der Waals surface area contributed by atoms with Crippen LogP contribution in [-0.4, -0.2) is 14.5 Å². The van der Waals surface area contributed by atoms with Gasteiger partial charge >= 0.3 is 5.69 Å². The molecule has 0 bridgehead atoms. The van der Waals surface area contributed by atoms with Crippen molar-refractivity contribution in [3.8, 4) is 5.69 Å². The third-order valence-corrected chi connectivity index (χ3v) is 4.22. The Morgan fingerprint density at radius 1 is 1.18 bits per heavy atom.